The number of hydrogen-bond acceptors (Lipinski definition) is 1. The van der Waals surface area contributed by atoms with Gasteiger partial charge in [-0.15, -0.1) is 0 Å². The summed E-state index contributed by atoms with van der Waals surface area (Å²) in [5.74, 6) is 0.848. The van der Waals surface area contributed by atoms with Gasteiger partial charge in [0.1, 0.15) is 5.75 Å². The van der Waals surface area contributed by atoms with E-state index in [9.17, 15) is 0 Å². The van der Waals surface area contributed by atoms with Gasteiger partial charge in [-0.1, -0.05) is 57.9 Å². The number of benzene rings is 3. The normalized spacial score (nSPS) is 10.6. The fourth-order valence-corrected chi connectivity index (χ4v) is 3.21. The van der Waals surface area contributed by atoms with Gasteiger partial charge in [-0.05, 0) is 65.1 Å². The molecule has 0 fully saturated rings. The molecule has 0 aromatic heterocycles. The van der Waals surface area contributed by atoms with Crippen LogP contribution in [0.2, 0.25) is 5.02 Å². The van der Waals surface area contributed by atoms with Crippen molar-refractivity contribution in [3.05, 3.63) is 87.4 Å². The summed E-state index contributed by atoms with van der Waals surface area (Å²) in [7, 11) is 1.68. The zero-order chi connectivity index (χ0) is 16.2. The molecule has 0 aliphatic carbocycles. The maximum atomic E-state index is 6.22. The Balaban J connectivity index is 2.04. The minimum absolute atomic E-state index is 0.744. The molecule has 0 saturated heterocycles. The van der Waals surface area contributed by atoms with Crippen LogP contribution in [0.15, 0.2) is 65.1 Å². The van der Waals surface area contributed by atoms with Gasteiger partial charge in [0, 0.05) is 9.50 Å². The lowest BCUT2D eigenvalue weighted by Crippen LogP contribution is -1.93. The molecule has 0 N–H and O–H groups in total. The molecule has 3 aromatic rings. The number of ether oxygens (including phenoxy) is 1. The van der Waals surface area contributed by atoms with Gasteiger partial charge >= 0.3 is 0 Å². The molecule has 0 unspecified atom stereocenters. The molecule has 3 heteroatoms. The Morgan fingerprint density at radius 2 is 1.96 bits per heavy atom. The highest BCUT2D eigenvalue weighted by molar-refractivity contribution is 9.10. The summed E-state index contributed by atoms with van der Waals surface area (Å²) < 4.78 is 6.30. The van der Waals surface area contributed by atoms with Crippen LogP contribution in [-0.4, -0.2) is 7.11 Å². The van der Waals surface area contributed by atoms with Crippen LogP contribution in [0.5, 0.6) is 5.75 Å². The maximum Gasteiger partial charge on any atom is 0.119 e. The van der Waals surface area contributed by atoms with Crippen LogP contribution in [-0.2, 0) is 6.42 Å². The van der Waals surface area contributed by atoms with Crippen LogP contribution in [0, 0.1) is 6.07 Å². The van der Waals surface area contributed by atoms with E-state index < -0.39 is 0 Å². The highest BCUT2D eigenvalue weighted by Crippen LogP contribution is 2.30. The van der Waals surface area contributed by atoms with E-state index in [1.165, 1.54) is 11.1 Å². The molecule has 0 atom stereocenters. The van der Waals surface area contributed by atoms with Crippen molar-refractivity contribution >= 4 is 27.5 Å². The molecular formula is C20H15BrClO. The Labute approximate surface area is 150 Å². The molecule has 3 rings (SSSR count). The number of hydrogen-bond donors (Lipinski definition) is 0. The Morgan fingerprint density at radius 3 is 2.74 bits per heavy atom. The summed E-state index contributed by atoms with van der Waals surface area (Å²) in [5, 5.41) is 0.744. The van der Waals surface area contributed by atoms with Gasteiger partial charge in [-0.3, -0.25) is 0 Å². The van der Waals surface area contributed by atoms with E-state index in [0.717, 1.165) is 32.8 Å². The fraction of sp³-hybridized carbons (Fsp3) is 0.100. The highest BCUT2D eigenvalue weighted by Gasteiger charge is 2.08. The van der Waals surface area contributed by atoms with E-state index in [0.29, 0.717) is 0 Å². The Morgan fingerprint density at radius 1 is 1.09 bits per heavy atom. The number of halogens is 2. The minimum Gasteiger partial charge on any atom is -0.497 e. The Kier molecular flexibility index (Phi) is 5.04. The second-order valence-electron chi connectivity index (χ2n) is 5.26. The predicted molar refractivity (Wildman–Crippen MR) is 99.2 cm³/mol. The largest absolute Gasteiger partial charge is 0.497 e. The Bertz CT molecular complexity index is 829. The van der Waals surface area contributed by atoms with E-state index in [-0.39, 0.29) is 0 Å². The smallest absolute Gasteiger partial charge is 0.119 e. The standard InChI is InChI=1S/C20H15BrClO/c1-23-19-7-3-5-15(13-19)20-9-8-18(22)12-16(20)10-14-4-2-6-17(21)11-14/h2-5,7-9,11-13H,10H2,1H3. The van der Waals surface area contributed by atoms with Crippen LogP contribution >= 0.6 is 27.5 Å². The number of rotatable bonds is 4. The lowest BCUT2D eigenvalue weighted by Gasteiger charge is -2.12. The van der Waals surface area contributed by atoms with E-state index >= 15 is 0 Å². The summed E-state index contributed by atoms with van der Waals surface area (Å²) in [5.41, 5.74) is 4.68. The van der Waals surface area contributed by atoms with Crippen LogP contribution in [0.1, 0.15) is 11.1 Å². The summed E-state index contributed by atoms with van der Waals surface area (Å²) >= 11 is 9.69. The summed E-state index contributed by atoms with van der Waals surface area (Å²) in [4.78, 5) is 0. The van der Waals surface area contributed by atoms with Crippen molar-refractivity contribution in [2.45, 2.75) is 6.42 Å². The van der Waals surface area contributed by atoms with Crippen LogP contribution in [0.25, 0.3) is 11.1 Å². The summed E-state index contributed by atoms with van der Waals surface area (Å²) in [6.45, 7) is 0. The van der Waals surface area contributed by atoms with Gasteiger partial charge in [0.05, 0.1) is 7.11 Å². The van der Waals surface area contributed by atoms with Gasteiger partial charge in [-0.25, -0.2) is 0 Å². The fourth-order valence-electron chi connectivity index (χ4n) is 2.59. The first-order valence-electron chi connectivity index (χ1n) is 7.24. The van der Waals surface area contributed by atoms with Gasteiger partial charge in [0.2, 0.25) is 0 Å². The first-order valence-corrected chi connectivity index (χ1v) is 8.42. The van der Waals surface area contributed by atoms with E-state index in [4.69, 9.17) is 16.3 Å². The maximum absolute atomic E-state index is 6.22. The zero-order valence-electron chi connectivity index (χ0n) is 12.6. The van der Waals surface area contributed by atoms with Crippen molar-refractivity contribution in [1.82, 2.24) is 0 Å². The molecular weight excluding hydrogens is 372 g/mol. The van der Waals surface area contributed by atoms with Crippen molar-refractivity contribution in [1.29, 1.82) is 0 Å². The third-order valence-electron chi connectivity index (χ3n) is 3.67. The number of methoxy groups -OCH3 is 1. The van der Waals surface area contributed by atoms with Crippen LogP contribution in [0.4, 0.5) is 0 Å². The molecule has 1 radical (unpaired) electrons. The molecule has 0 spiro atoms. The van der Waals surface area contributed by atoms with Crippen LogP contribution < -0.4 is 4.74 Å². The monoisotopic (exact) mass is 385 g/mol. The topological polar surface area (TPSA) is 9.23 Å². The zero-order valence-corrected chi connectivity index (χ0v) is 15.0. The lowest BCUT2D eigenvalue weighted by atomic mass is 9.95. The van der Waals surface area contributed by atoms with Crippen molar-refractivity contribution in [3.63, 3.8) is 0 Å². The highest BCUT2D eigenvalue weighted by atomic mass is 79.9. The van der Waals surface area contributed by atoms with Gasteiger partial charge in [0.15, 0.2) is 0 Å². The minimum atomic E-state index is 0.744. The van der Waals surface area contributed by atoms with Crippen LogP contribution in [0.3, 0.4) is 0 Å². The molecule has 23 heavy (non-hydrogen) atoms. The lowest BCUT2D eigenvalue weighted by molar-refractivity contribution is 0.415. The molecule has 0 aliphatic heterocycles. The molecule has 1 nitrogen and oxygen atoms in total. The molecule has 115 valence electrons. The molecule has 3 aromatic carbocycles. The summed E-state index contributed by atoms with van der Waals surface area (Å²) in [6, 6.07) is 23.3. The first-order chi connectivity index (χ1) is 11.2. The average Bonchev–Trinajstić information content (AvgIpc) is 2.55. The van der Waals surface area contributed by atoms with Gasteiger partial charge < -0.3 is 4.74 Å². The second-order valence-corrected chi connectivity index (χ2v) is 6.55. The molecule has 0 heterocycles. The SMILES string of the molecule is COc1cccc(-c2ccc(Cl)cc2Cc2cc[c]c(Br)c2)c1. The molecule has 0 bridgehead atoms. The third-order valence-corrected chi connectivity index (χ3v) is 4.37. The summed E-state index contributed by atoms with van der Waals surface area (Å²) in [6.07, 6.45) is 0.806. The Hall–Kier alpha value is -1.77. The van der Waals surface area contributed by atoms with E-state index in [1.54, 1.807) is 7.11 Å². The second kappa shape index (κ2) is 7.20. The van der Waals surface area contributed by atoms with Gasteiger partial charge in [-0.2, -0.15) is 0 Å². The molecule has 0 saturated carbocycles. The van der Waals surface area contributed by atoms with E-state index in [1.807, 2.05) is 36.4 Å². The van der Waals surface area contributed by atoms with Crippen molar-refractivity contribution in [2.24, 2.45) is 0 Å². The van der Waals surface area contributed by atoms with Crippen molar-refractivity contribution in [2.75, 3.05) is 7.11 Å². The molecule has 0 aliphatic rings. The third kappa shape index (κ3) is 3.95. The van der Waals surface area contributed by atoms with Crippen molar-refractivity contribution in [3.8, 4) is 16.9 Å². The van der Waals surface area contributed by atoms with Crippen molar-refractivity contribution < 1.29 is 4.74 Å². The molecule has 0 amide bonds. The van der Waals surface area contributed by atoms with Gasteiger partial charge in [0.25, 0.3) is 0 Å². The van der Waals surface area contributed by atoms with E-state index in [2.05, 4.69) is 46.3 Å². The average molecular weight is 387 g/mol. The quantitative estimate of drug-likeness (QED) is 0.521. The predicted octanol–water partition coefficient (Wildman–Crippen LogP) is 6.17. The first kappa shape index (κ1) is 16.1.